The van der Waals surface area contributed by atoms with Gasteiger partial charge < -0.3 is 14.8 Å². The average molecular weight is 379 g/mol. The SMILES string of the molecule is C[C@H](Oc1c(-c2cn[nH]c2)ncn2nc(NC3CCOCC3)nc12)C(F)F. The lowest BCUT2D eigenvalue weighted by Gasteiger charge is -2.22. The van der Waals surface area contributed by atoms with E-state index in [1.807, 2.05) is 0 Å². The molecule has 1 aliphatic heterocycles. The molecule has 27 heavy (non-hydrogen) atoms. The summed E-state index contributed by atoms with van der Waals surface area (Å²) in [5.74, 6) is 0.529. The van der Waals surface area contributed by atoms with Crippen LogP contribution in [0.5, 0.6) is 5.75 Å². The van der Waals surface area contributed by atoms with Gasteiger partial charge in [-0.3, -0.25) is 5.10 Å². The molecule has 1 aliphatic rings. The summed E-state index contributed by atoms with van der Waals surface area (Å²) in [6, 6.07) is 0.196. The molecule has 11 heteroatoms. The lowest BCUT2D eigenvalue weighted by molar-refractivity contribution is 0.0233. The number of fused-ring (bicyclic) bond motifs is 1. The van der Waals surface area contributed by atoms with E-state index in [0.717, 1.165) is 12.8 Å². The van der Waals surface area contributed by atoms with E-state index in [4.69, 9.17) is 9.47 Å². The number of nitrogens with one attached hydrogen (secondary N) is 2. The maximum atomic E-state index is 13.1. The van der Waals surface area contributed by atoms with Gasteiger partial charge in [0.05, 0.1) is 6.20 Å². The minimum atomic E-state index is -2.65. The van der Waals surface area contributed by atoms with Crippen LogP contribution in [0.25, 0.3) is 16.9 Å². The molecule has 144 valence electrons. The third-order valence-electron chi connectivity index (χ3n) is 4.33. The van der Waals surface area contributed by atoms with Crippen molar-refractivity contribution in [1.82, 2.24) is 29.8 Å². The highest BCUT2D eigenvalue weighted by molar-refractivity contribution is 5.73. The highest BCUT2D eigenvalue weighted by Gasteiger charge is 2.24. The molecule has 3 aromatic rings. The zero-order valence-corrected chi connectivity index (χ0v) is 14.6. The van der Waals surface area contributed by atoms with E-state index in [-0.39, 0.29) is 11.8 Å². The van der Waals surface area contributed by atoms with Gasteiger partial charge in [-0.25, -0.2) is 13.8 Å². The number of aromatic nitrogens is 6. The summed E-state index contributed by atoms with van der Waals surface area (Å²) < 4.78 is 38.4. The number of H-pyrrole nitrogens is 1. The summed E-state index contributed by atoms with van der Waals surface area (Å²) in [6.07, 6.45) is 2.34. The predicted molar refractivity (Wildman–Crippen MR) is 91.9 cm³/mol. The van der Waals surface area contributed by atoms with Gasteiger partial charge in [-0.05, 0) is 19.8 Å². The Bertz CT molecular complexity index is 894. The largest absolute Gasteiger partial charge is 0.478 e. The van der Waals surface area contributed by atoms with Crippen molar-refractivity contribution in [1.29, 1.82) is 0 Å². The fourth-order valence-corrected chi connectivity index (χ4v) is 2.85. The van der Waals surface area contributed by atoms with Crippen LogP contribution in [0.2, 0.25) is 0 Å². The summed E-state index contributed by atoms with van der Waals surface area (Å²) in [6.45, 7) is 2.65. The standard InChI is InChI=1S/C16H19F2N7O2/c1-9(14(17)18)27-13-12(10-6-20-21-7-10)19-8-25-15(13)23-16(24-25)22-11-2-4-26-5-3-11/h6-9,11,14H,2-5H2,1H3,(H,20,21)(H,22,24)/t9-/m0/s1. The molecule has 4 heterocycles. The van der Waals surface area contributed by atoms with Crippen molar-refractivity contribution >= 4 is 11.6 Å². The molecule has 1 fully saturated rings. The van der Waals surface area contributed by atoms with E-state index in [1.54, 1.807) is 6.20 Å². The molecule has 4 rings (SSSR count). The number of rotatable bonds is 6. The molecular formula is C16H19F2N7O2. The van der Waals surface area contributed by atoms with E-state index < -0.39 is 12.5 Å². The summed E-state index contributed by atoms with van der Waals surface area (Å²) in [7, 11) is 0. The maximum Gasteiger partial charge on any atom is 0.274 e. The summed E-state index contributed by atoms with van der Waals surface area (Å²) in [5, 5.41) is 14.2. The van der Waals surface area contributed by atoms with Crippen LogP contribution in [0.1, 0.15) is 19.8 Å². The Balaban J connectivity index is 1.72. The van der Waals surface area contributed by atoms with Crippen molar-refractivity contribution in [2.24, 2.45) is 0 Å². The molecule has 0 aliphatic carbocycles. The van der Waals surface area contributed by atoms with Crippen LogP contribution in [0, 0.1) is 0 Å². The Morgan fingerprint density at radius 1 is 1.37 bits per heavy atom. The molecule has 0 radical (unpaired) electrons. The Morgan fingerprint density at radius 2 is 2.19 bits per heavy atom. The van der Waals surface area contributed by atoms with Crippen LogP contribution < -0.4 is 10.1 Å². The molecule has 0 saturated carbocycles. The van der Waals surface area contributed by atoms with Crippen molar-refractivity contribution < 1.29 is 18.3 Å². The van der Waals surface area contributed by atoms with Crippen molar-refractivity contribution in [3.63, 3.8) is 0 Å². The van der Waals surface area contributed by atoms with Crippen LogP contribution in [-0.4, -0.2) is 61.6 Å². The number of anilines is 1. The van der Waals surface area contributed by atoms with Gasteiger partial charge in [-0.2, -0.15) is 14.6 Å². The normalized spacial score (nSPS) is 16.7. The fourth-order valence-electron chi connectivity index (χ4n) is 2.85. The zero-order chi connectivity index (χ0) is 18.8. The minimum absolute atomic E-state index is 0.138. The topological polar surface area (TPSA) is 102 Å². The summed E-state index contributed by atoms with van der Waals surface area (Å²) >= 11 is 0. The molecule has 0 amide bonds. The third kappa shape index (κ3) is 3.68. The van der Waals surface area contributed by atoms with E-state index in [1.165, 1.54) is 24.0 Å². The second-order valence-electron chi connectivity index (χ2n) is 6.30. The van der Waals surface area contributed by atoms with Gasteiger partial charge in [-0.15, -0.1) is 5.10 Å². The van der Waals surface area contributed by atoms with Gasteiger partial charge >= 0.3 is 0 Å². The molecule has 9 nitrogen and oxygen atoms in total. The van der Waals surface area contributed by atoms with E-state index in [2.05, 4.69) is 30.6 Å². The highest BCUT2D eigenvalue weighted by atomic mass is 19.3. The second kappa shape index (κ2) is 7.43. The molecule has 3 aromatic heterocycles. The van der Waals surface area contributed by atoms with Gasteiger partial charge in [0.2, 0.25) is 11.6 Å². The first-order valence-electron chi connectivity index (χ1n) is 8.65. The highest BCUT2D eigenvalue weighted by Crippen LogP contribution is 2.32. The average Bonchev–Trinajstić information content (AvgIpc) is 3.32. The zero-order valence-electron chi connectivity index (χ0n) is 14.6. The minimum Gasteiger partial charge on any atom is -0.478 e. The fraction of sp³-hybridized carbons (Fsp3) is 0.500. The van der Waals surface area contributed by atoms with Crippen LogP contribution in [0.15, 0.2) is 18.7 Å². The number of aromatic amines is 1. The van der Waals surface area contributed by atoms with Gasteiger partial charge in [0.15, 0.2) is 11.9 Å². The molecule has 0 bridgehead atoms. The first-order valence-corrected chi connectivity index (χ1v) is 8.65. The molecule has 0 aromatic carbocycles. The number of nitrogens with zero attached hydrogens (tertiary/aromatic N) is 5. The maximum absolute atomic E-state index is 13.1. The van der Waals surface area contributed by atoms with Crippen molar-refractivity contribution in [3.05, 3.63) is 18.7 Å². The van der Waals surface area contributed by atoms with Gasteiger partial charge in [-0.1, -0.05) is 0 Å². The number of ether oxygens (including phenoxy) is 2. The Morgan fingerprint density at radius 3 is 2.89 bits per heavy atom. The third-order valence-corrected chi connectivity index (χ3v) is 4.33. The lowest BCUT2D eigenvalue weighted by Crippen LogP contribution is -2.28. The second-order valence-corrected chi connectivity index (χ2v) is 6.30. The van der Waals surface area contributed by atoms with Crippen molar-refractivity contribution in [2.75, 3.05) is 18.5 Å². The van der Waals surface area contributed by atoms with Gasteiger partial charge in [0, 0.05) is 31.0 Å². The number of halogens is 2. The van der Waals surface area contributed by atoms with E-state index >= 15 is 0 Å². The van der Waals surface area contributed by atoms with Crippen LogP contribution in [0.3, 0.4) is 0 Å². The quantitative estimate of drug-likeness (QED) is 0.676. The van der Waals surface area contributed by atoms with Crippen molar-refractivity contribution in [3.8, 4) is 17.0 Å². The Hall–Kier alpha value is -2.82. The van der Waals surface area contributed by atoms with Crippen molar-refractivity contribution in [2.45, 2.75) is 38.3 Å². The Kier molecular flexibility index (Phi) is 4.84. The molecule has 1 saturated heterocycles. The van der Waals surface area contributed by atoms with E-state index in [0.29, 0.717) is 36.1 Å². The number of alkyl halides is 2. The number of hydrogen-bond acceptors (Lipinski definition) is 7. The monoisotopic (exact) mass is 379 g/mol. The predicted octanol–water partition coefficient (Wildman–Crippen LogP) is 2.14. The molecule has 0 spiro atoms. The summed E-state index contributed by atoms with van der Waals surface area (Å²) in [4.78, 5) is 8.75. The lowest BCUT2D eigenvalue weighted by atomic mass is 10.1. The van der Waals surface area contributed by atoms with Gasteiger partial charge in [0.25, 0.3) is 6.43 Å². The first kappa shape index (κ1) is 17.6. The first-order chi connectivity index (χ1) is 13.1. The number of hydrogen-bond donors (Lipinski definition) is 2. The summed E-state index contributed by atoms with van der Waals surface area (Å²) in [5.41, 5.74) is 1.29. The van der Waals surface area contributed by atoms with Crippen LogP contribution in [-0.2, 0) is 4.74 Å². The molecule has 2 N–H and O–H groups in total. The van der Waals surface area contributed by atoms with Gasteiger partial charge in [0.1, 0.15) is 12.0 Å². The Labute approximate surface area is 153 Å². The molecule has 1 atom stereocenters. The van der Waals surface area contributed by atoms with Crippen LogP contribution in [0.4, 0.5) is 14.7 Å². The van der Waals surface area contributed by atoms with E-state index in [9.17, 15) is 8.78 Å². The smallest absolute Gasteiger partial charge is 0.274 e. The van der Waals surface area contributed by atoms with Crippen LogP contribution >= 0.6 is 0 Å². The molecule has 0 unspecified atom stereocenters. The molecular weight excluding hydrogens is 360 g/mol.